The zero-order valence-corrected chi connectivity index (χ0v) is 14.6. The second-order valence-corrected chi connectivity index (χ2v) is 6.06. The van der Waals surface area contributed by atoms with Crippen molar-refractivity contribution in [3.63, 3.8) is 0 Å². The molecule has 0 saturated heterocycles. The van der Waals surface area contributed by atoms with Gasteiger partial charge in [-0.1, -0.05) is 35.9 Å². The van der Waals surface area contributed by atoms with Crippen LogP contribution in [0.4, 0.5) is 17.3 Å². The number of halogens is 1. The number of anilines is 3. The minimum Gasteiger partial charge on any atom is -0.324 e. The molecule has 25 heavy (non-hydrogen) atoms. The van der Waals surface area contributed by atoms with E-state index in [4.69, 9.17) is 11.6 Å². The number of aromatic nitrogens is 2. The van der Waals surface area contributed by atoms with Gasteiger partial charge >= 0.3 is 0 Å². The SMILES string of the molecule is Cc1cccc(C)c1NC(=O)c1ccnc(Nc2cccc(Cl)c2)n1. The maximum Gasteiger partial charge on any atom is 0.274 e. The van der Waals surface area contributed by atoms with Crippen molar-refractivity contribution >= 4 is 34.8 Å². The summed E-state index contributed by atoms with van der Waals surface area (Å²) >= 11 is 5.97. The topological polar surface area (TPSA) is 66.9 Å². The van der Waals surface area contributed by atoms with Gasteiger partial charge in [-0.25, -0.2) is 9.97 Å². The van der Waals surface area contributed by atoms with Crippen molar-refractivity contribution in [3.8, 4) is 0 Å². The molecule has 2 N–H and O–H groups in total. The number of hydrogen-bond acceptors (Lipinski definition) is 4. The highest BCUT2D eigenvalue weighted by Crippen LogP contribution is 2.21. The van der Waals surface area contributed by atoms with Gasteiger partial charge in [0, 0.05) is 22.6 Å². The van der Waals surface area contributed by atoms with E-state index in [1.165, 1.54) is 0 Å². The number of aryl methyl sites for hydroxylation is 2. The fraction of sp³-hybridized carbons (Fsp3) is 0.105. The highest BCUT2D eigenvalue weighted by Gasteiger charge is 2.12. The van der Waals surface area contributed by atoms with Crippen LogP contribution in [0.25, 0.3) is 0 Å². The molecule has 0 aliphatic carbocycles. The summed E-state index contributed by atoms with van der Waals surface area (Å²) in [5.74, 6) is 0.0466. The lowest BCUT2D eigenvalue weighted by molar-refractivity contribution is 0.102. The second kappa shape index (κ2) is 7.32. The first-order valence-electron chi connectivity index (χ1n) is 7.76. The Balaban J connectivity index is 1.80. The highest BCUT2D eigenvalue weighted by molar-refractivity contribution is 6.30. The van der Waals surface area contributed by atoms with Crippen LogP contribution in [0.3, 0.4) is 0 Å². The zero-order valence-electron chi connectivity index (χ0n) is 13.9. The Kier molecular flexibility index (Phi) is 4.95. The third-order valence-electron chi connectivity index (χ3n) is 3.69. The summed E-state index contributed by atoms with van der Waals surface area (Å²) in [4.78, 5) is 20.9. The molecule has 6 heteroatoms. The molecule has 2 aromatic carbocycles. The molecule has 0 radical (unpaired) electrons. The quantitative estimate of drug-likeness (QED) is 0.711. The molecule has 0 atom stereocenters. The summed E-state index contributed by atoms with van der Waals surface area (Å²) in [5, 5.41) is 6.56. The average molecular weight is 353 g/mol. The predicted molar refractivity (Wildman–Crippen MR) is 101 cm³/mol. The van der Waals surface area contributed by atoms with Gasteiger partial charge in [-0.05, 0) is 49.2 Å². The van der Waals surface area contributed by atoms with Crippen LogP contribution in [0, 0.1) is 13.8 Å². The van der Waals surface area contributed by atoms with Crippen molar-refractivity contribution < 1.29 is 4.79 Å². The van der Waals surface area contributed by atoms with Gasteiger partial charge in [0.15, 0.2) is 0 Å². The molecule has 0 aliphatic rings. The largest absolute Gasteiger partial charge is 0.324 e. The standard InChI is InChI=1S/C19H17ClN4O/c1-12-5-3-6-13(2)17(12)24-18(25)16-9-10-21-19(23-16)22-15-8-4-7-14(20)11-15/h3-11H,1-2H3,(H,24,25)(H,21,22,23). The van der Waals surface area contributed by atoms with Crippen LogP contribution < -0.4 is 10.6 Å². The van der Waals surface area contributed by atoms with Crippen molar-refractivity contribution in [3.05, 3.63) is 76.6 Å². The van der Waals surface area contributed by atoms with Gasteiger partial charge in [-0.3, -0.25) is 4.79 Å². The lowest BCUT2D eigenvalue weighted by Crippen LogP contribution is -2.16. The minimum absolute atomic E-state index is 0.280. The molecular weight excluding hydrogens is 336 g/mol. The zero-order chi connectivity index (χ0) is 17.8. The van der Waals surface area contributed by atoms with E-state index in [0.29, 0.717) is 11.0 Å². The van der Waals surface area contributed by atoms with Gasteiger partial charge in [0.1, 0.15) is 5.69 Å². The smallest absolute Gasteiger partial charge is 0.274 e. The minimum atomic E-state index is -0.283. The molecule has 0 bridgehead atoms. The van der Waals surface area contributed by atoms with Crippen LogP contribution in [0.2, 0.25) is 5.02 Å². The number of nitrogens with zero attached hydrogens (tertiary/aromatic N) is 2. The Morgan fingerprint density at radius 1 is 1.04 bits per heavy atom. The normalized spacial score (nSPS) is 10.4. The monoisotopic (exact) mass is 352 g/mol. The van der Waals surface area contributed by atoms with E-state index in [1.54, 1.807) is 24.4 Å². The van der Waals surface area contributed by atoms with Crippen LogP contribution in [0.15, 0.2) is 54.7 Å². The molecule has 0 spiro atoms. The number of amides is 1. The van der Waals surface area contributed by atoms with Crippen LogP contribution in [0.1, 0.15) is 21.6 Å². The number of hydrogen-bond donors (Lipinski definition) is 2. The van der Waals surface area contributed by atoms with Gasteiger partial charge < -0.3 is 10.6 Å². The first kappa shape index (κ1) is 16.9. The molecule has 0 unspecified atom stereocenters. The Labute approximate surface area is 151 Å². The number of rotatable bonds is 4. The van der Waals surface area contributed by atoms with Crippen LogP contribution in [-0.2, 0) is 0 Å². The van der Waals surface area contributed by atoms with Crippen LogP contribution >= 0.6 is 11.6 Å². The third kappa shape index (κ3) is 4.14. The molecule has 0 fully saturated rings. The van der Waals surface area contributed by atoms with Crippen molar-refractivity contribution in [2.45, 2.75) is 13.8 Å². The fourth-order valence-corrected chi connectivity index (χ4v) is 2.62. The molecule has 1 amide bonds. The van der Waals surface area contributed by atoms with Gasteiger partial charge in [-0.2, -0.15) is 0 Å². The fourth-order valence-electron chi connectivity index (χ4n) is 2.43. The Morgan fingerprint density at radius 3 is 2.48 bits per heavy atom. The number of nitrogens with one attached hydrogen (secondary N) is 2. The number of benzene rings is 2. The molecule has 3 aromatic rings. The van der Waals surface area contributed by atoms with Gasteiger partial charge in [-0.15, -0.1) is 0 Å². The highest BCUT2D eigenvalue weighted by atomic mass is 35.5. The van der Waals surface area contributed by atoms with Crippen LogP contribution in [-0.4, -0.2) is 15.9 Å². The van der Waals surface area contributed by atoms with E-state index in [1.807, 2.05) is 44.2 Å². The summed E-state index contributed by atoms with van der Waals surface area (Å²) in [5.41, 5.74) is 3.83. The van der Waals surface area contributed by atoms with Crippen molar-refractivity contribution in [1.82, 2.24) is 9.97 Å². The maximum atomic E-state index is 12.5. The first-order valence-corrected chi connectivity index (χ1v) is 8.14. The van der Waals surface area contributed by atoms with Crippen LogP contribution in [0.5, 0.6) is 0 Å². The van der Waals surface area contributed by atoms with Gasteiger partial charge in [0.25, 0.3) is 5.91 Å². The summed E-state index contributed by atoms with van der Waals surface area (Å²) in [7, 11) is 0. The molecule has 1 heterocycles. The molecule has 0 aliphatic heterocycles. The number of carbonyl (C=O) groups is 1. The van der Waals surface area contributed by atoms with Gasteiger partial charge in [0.2, 0.25) is 5.95 Å². The lowest BCUT2D eigenvalue weighted by atomic mass is 10.1. The summed E-state index contributed by atoms with van der Waals surface area (Å²) in [6.45, 7) is 3.91. The predicted octanol–water partition coefficient (Wildman–Crippen LogP) is 4.74. The summed E-state index contributed by atoms with van der Waals surface area (Å²) in [6, 6.07) is 14.6. The Morgan fingerprint density at radius 2 is 1.76 bits per heavy atom. The maximum absolute atomic E-state index is 12.5. The van der Waals surface area contributed by atoms with E-state index < -0.39 is 0 Å². The van der Waals surface area contributed by atoms with Gasteiger partial charge in [0.05, 0.1) is 0 Å². The van der Waals surface area contributed by atoms with E-state index >= 15 is 0 Å². The van der Waals surface area contributed by atoms with E-state index in [-0.39, 0.29) is 11.6 Å². The Hall–Kier alpha value is -2.92. The average Bonchev–Trinajstić information content (AvgIpc) is 2.58. The Bertz CT molecular complexity index is 907. The molecule has 126 valence electrons. The van der Waals surface area contributed by atoms with E-state index in [2.05, 4.69) is 20.6 Å². The second-order valence-electron chi connectivity index (χ2n) is 5.62. The number of para-hydroxylation sites is 1. The summed E-state index contributed by atoms with van der Waals surface area (Å²) in [6.07, 6.45) is 1.54. The first-order chi connectivity index (χ1) is 12.0. The molecule has 3 rings (SSSR count). The van der Waals surface area contributed by atoms with E-state index in [9.17, 15) is 4.79 Å². The summed E-state index contributed by atoms with van der Waals surface area (Å²) < 4.78 is 0. The molecular formula is C19H17ClN4O. The van der Waals surface area contributed by atoms with E-state index in [0.717, 1.165) is 22.5 Å². The van der Waals surface area contributed by atoms with Crippen molar-refractivity contribution in [2.75, 3.05) is 10.6 Å². The van der Waals surface area contributed by atoms with Crippen molar-refractivity contribution in [2.24, 2.45) is 0 Å². The molecule has 5 nitrogen and oxygen atoms in total. The molecule has 1 aromatic heterocycles. The van der Waals surface area contributed by atoms with Crippen molar-refractivity contribution in [1.29, 1.82) is 0 Å². The lowest BCUT2D eigenvalue weighted by Gasteiger charge is -2.11. The molecule has 0 saturated carbocycles. The number of carbonyl (C=O) groups excluding carboxylic acids is 1. The third-order valence-corrected chi connectivity index (χ3v) is 3.92.